The zero-order chi connectivity index (χ0) is 11.5. The smallest absolute Gasteiger partial charge is 0.0666 e. The molecule has 0 aromatic rings. The van der Waals surface area contributed by atoms with Crippen molar-refractivity contribution in [3.8, 4) is 6.07 Å². The Morgan fingerprint density at radius 3 is 2.67 bits per heavy atom. The van der Waals surface area contributed by atoms with E-state index in [9.17, 15) is 0 Å². The largest absolute Gasteiger partial charge is 0.313 e. The van der Waals surface area contributed by atoms with E-state index in [0.29, 0.717) is 11.5 Å². The summed E-state index contributed by atoms with van der Waals surface area (Å²) < 4.78 is 0. The summed E-state index contributed by atoms with van der Waals surface area (Å²) >= 11 is 0. The third-order valence-electron chi connectivity index (χ3n) is 3.32. The summed E-state index contributed by atoms with van der Waals surface area (Å²) in [4.78, 5) is 0. The molecule has 86 valence electrons. The van der Waals surface area contributed by atoms with Crippen LogP contribution in [0.4, 0.5) is 0 Å². The fraction of sp³-hybridized carbons (Fsp3) is 0.923. The van der Waals surface area contributed by atoms with Crippen molar-refractivity contribution in [2.45, 2.75) is 53.0 Å². The first-order valence-corrected chi connectivity index (χ1v) is 6.06. The SMILES string of the molecule is CC(C#N)CNC1CC(C)CC(C)(C)C1. The molecule has 0 amide bonds. The van der Waals surface area contributed by atoms with Crippen LogP contribution in [-0.2, 0) is 0 Å². The lowest BCUT2D eigenvalue weighted by Crippen LogP contribution is -2.41. The highest BCUT2D eigenvalue weighted by atomic mass is 14.9. The van der Waals surface area contributed by atoms with Crippen LogP contribution in [0.1, 0.15) is 47.0 Å². The van der Waals surface area contributed by atoms with Crippen LogP contribution in [0.2, 0.25) is 0 Å². The van der Waals surface area contributed by atoms with Gasteiger partial charge in [-0.1, -0.05) is 20.8 Å². The van der Waals surface area contributed by atoms with E-state index in [0.717, 1.165) is 12.5 Å². The third-order valence-corrected chi connectivity index (χ3v) is 3.32. The number of nitrogens with zero attached hydrogens (tertiary/aromatic N) is 1. The van der Waals surface area contributed by atoms with Crippen molar-refractivity contribution in [1.29, 1.82) is 5.26 Å². The van der Waals surface area contributed by atoms with Crippen molar-refractivity contribution in [3.05, 3.63) is 0 Å². The molecule has 1 N–H and O–H groups in total. The summed E-state index contributed by atoms with van der Waals surface area (Å²) in [6, 6.07) is 2.88. The van der Waals surface area contributed by atoms with Crippen LogP contribution in [0.15, 0.2) is 0 Å². The second-order valence-corrected chi connectivity index (χ2v) is 6.05. The van der Waals surface area contributed by atoms with E-state index in [4.69, 9.17) is 5.26 Å². The Hall–Kier alpha value is -0.550. The maximum absolute atomic E-state index is 8.73. The van der Waals surface area contributed by atoms with Gasteiger partial charge in [0.05, 0.1) is 12.0 Å². The van der Waals surface area contributed by atoms with Gasteiger partial charge in [-0.05, 0) is 37.5 Å². The zero-order valence-electron chi connectivity index (χ0n) is 10.5. The standard InChI is InChI=1S/C13H24N2/c1-10-5-12(7-13(3,4)6-10)15-9-11(2)8-14/h10-12,15H,5-7,9H2,1-4H3. The van der Waals surface area contributed by atoms with E-state index >= 15 is 0 Å². The first kappa shape index (κ1) is 12.5. The summed E-state index contributed by atoms with van der Waals surface area (Å²) in [7, 11) is 0. The molecule has 0 aromatic carbocycles. The van der Waals surface area contributed by atoms with Crippen molar-refractivity contribution < 1.29 is 0 Å². The first-order chi connectivity index (χ1) is 6.93. The fourth-order valence-electron chi connectivity index (χ4n) is 2.89. The van der Waals surface area contributed by atoms with Crippen molar-refractivity contribution >= 4 is 0 Å². The van der Waals surface area contributed by atoms with Crippen molar-refractivity contribution in [1.82, 2.24) is 5.32 Å². The highest BCUT2D eigenvalue weighted by Gasteiger charge is 2.31. The Balaban J connectivity index is 2.39. The molecule has 1 aliphatic rings. The molecule has 0 bridgehead atoms. The minimum atomic E-state index is 0.130. The molecule has 0 aliphatic heterocycles. The van der Waals surface area contributed by atoms with E-state index in [2.05, 4.69) is 32.2 Å². The summed E-state index contributed by atoms with van der Waals surface area (Å²) in [5.41, 5.74) is 0.464. The molecule has 0 aromatic heterocycles. The van der Waals surface area contributed by atoms with Crippen LogP contribution in [-0.4, -0.2) is 12.6 Å². The second-order valence-electron chi connectivity index (χ2n) is 6.05. The van der Waals surface area contributed by atoms with Crippen LogP contribution in [0.5, 0.6) is 0 Å². The van der Waals surface area contributed by atoms with Crippen molar-refractivity contribution in [2.75, 3.05) is 6.54 Å². The molecule has 2 heteroatoms. The van der Waals surface area contributed by atoms with Gasteiger partial charge in [-0.15, -0.1) is 0 Å². The lowest BCUT2D eigenvalue weighted by atomic mass is 9.70. The van der Waals surface area contributed by atoms with Crippen LogP contribution in [0, 0.1) is 28.6 Å². The molecule has 3 unspecified atom stereocenters. The number of hydrogen-bond acceptors (Lipinski definition) is 2. The van der Waals surface area contributed by atoms with Gasteiger partial charge in [-0.25, -0.2) is 0 Å². The second kappa shape index (κ2) is 4.99. The number of nitriles is 1. The highest BCUT2D eigenvalue weighted by Crippen LogP contribution is 2.38. The number of nitrogens with one attached hydrogen (secondary N) is 1. The van der Waals surface area contributed by atoms with Gasteiger partial charge in [0.15, 0.2) is 0 Å². The summed E-state index contributed by atoms with van der Waals surface area (Å²) in [6.07, 6.45) is 3.84. The van der Waals surface area contributed by atoms with Gasteiger partial charge >= 0.3 is 0 Å². The van der Waals surface area contributed by atoms with E-state index in [-0.39, 0.29) is 5.92 Å². The van der Waals surface area contributed by atoms with E-state index in [1.165, 1.54) is 19.3 Å². The number of hydrogen-bond donors (Lipinski definition) is 1. The van der Waals surface area contributed by atoms with E-state index in [1.54, 1.807) is 0 Å². The Morgan fingerprint density at radius 1 is 1.47 bits per heavy atom. The Bertz CT molecular complexity index is 239. The molecule has 2 nitrogen and oxygen atoms in total. The molecule has 1 aliphatic carbocycles. The molecule has 1 fully saturated rings. The molecule has 1 rings (SSSR count). The first-order valence-electron chi connectivity index (χ1n) is 6.06. The molecular formula is C13H24N2. The van der Waals surface area contributed by atoms with E-state index in [1.807, 2.05) is 6.92 Å². The summed E-state index contributed by atoms with van der Waals surface area (Å²) in [6.45, 7) is 9.85. The number of rotatable bonds is 3. The average Bonchev–Trinajstić information content (AvgIpc) is 2.11. The summed E-state index contributed by atoms with van der Waals surface area (Å²) in [5, 5.41) is 12.3. The average molecular weight is 208 g/mol. The predicted molar refractivity (Wildman–Crippen MR) is 63.4 cm³/mol. The van der Waals surface area contributed by atoms with Crippen LogP contribution < -0.4 is 5.32 Å². The normalized spacial score (nSPS) is 31.9. The minimum absolute atomic E-state index is 0.130. The molecular weight excluding hydrogens is 184 g/mol. The lowest BCUT2D eigenvalue weighted by Gasteiger charge is -2.39. The quantitative estimate of drug-likeness (QED) is 0.774. The van der Waals surface area contributed by atoms with Gasteiger partial charge in [-0.3, -0.25) is 0 Å². The van der Waals surface area contributed by atoms with Gasteiger partial charge in [0, 0.05) is 12.6 Å². The Labute approximate surface area is 94.1 Å². The summed E-state index contributed by atoms with van der Waals surface area (Å²) in [5.74, 6) is 0.939. The third kappa shape index (κ3) is 4.22. The molecule has 1 saturated carbocycles. The lowest BCUT2D eigenvalue weighted by molar-refractivity contribution is 0.150. The van der Waals surface area contributed by atoms with Crippen LogP contribution in [0.25, 0.3) is 0 Å². The monoisotopic (exact) mass is 208 g/mol. The molecule has 3 atom stereocenters. The maximum atomic E-state index is 8.73. The van der Waals surface area contributed by atoms with Crippen molar-refractivity contribution in [3.63, 3.8) is 0 Å². The van der Waals surface area contributed by atoms with Gasteiger partial charge in [0.1, 0.15) is 0 Å². The highest BCUT2D eigenvalue weighted by molar-refractivity contribution is 4.88. The molecule has 0 saturated heterocycles. The van der Waals surface area contributed by atoms with E-state index < -0.39 is 0 Å². The van der Waals surface area contributed by atoms with Gasteiger partial charge < -0.3 is 5.32 Å². The zero-order valence-corrected chi connectivity index (χ0v) is 10.5. The molecule has 0 spiro atoms. The van der Waals surface area contributed by atoms with Gasteiger partial charge in [-0.2, -0.15) is 5.26 Å². The molecule has 0 radical (unpaired) electrons. The molecule has 0 heterocycles. The van der Waals surface area contributed by atoms with Crippen molar-refractivity contribution in [2.24, 2.45) is 17.3 Å². The topological polar surface area (TPSA) is 35.8 Å². The Kier molecular flexibility index (Phi) is 4.16. The van der Waals surface area contributed by atoms with Gasteiger partial charge in [0.2, 0.25) is 0 Å². The predicted octanol–water partition coefficient (Wildman–Crippen LogP) is 2.95. The van der Waals surface area contributed by atoms with Gasteiger partial charge in [0.25, 0.3) is 0 Å². The van der Waals surface area contributed by atoms with Crippen LogP contribution in [0.3, 0.4) is 0 Å². The minimum Gasteiger partial charge on any atom is -0.313 e. The Morgan fingerprint density at radius 2 is 2.13 bits per heavy atom. The molecule has 15 heavy (non-hydrogen) atoms. The fourth-order valence-corrected chi connectivity index (χ4v) is 2.89. The van der Waals surface area contributed by atoms with Crippen LogP contribution >= 0.6 is 0 Å². The maximum Gasteiger partial charge on any atom is 0.0666 e.